The van der Waals surface area contributed by atoms with Crippen molar-refractivity contribution in [2.24, 2.45) is 0 Å². The second-order valence-electron chi connectivity index (χ2n) is 4.45. The highest BCUT2D eigenvalue weighted by Gasteiger charge is 2.20. The van der Waals surface area contributed by atoms with Gasteiger partial charge in [0.15, 0.2) is 0 Å². The Balaban J connectivity index is 2.20. The molecule has 0 bridgehead atoms. The average Bonchev–Trinajstić information content (AvgIpc) is 2.08. The van der Waals surface area contributed by atoms with Gasteiger partial charge in [0.1, 0.15) is 5.78 Å². The molecule has 1 atom stereocenters. The number of likely N-dealkylation sites (N-methyl/N-ethyl adjacent to an activating group) is 1. The fourth-order valence-corrected chi connectivity index (χ4v) is 2.04. The highest BCUT2D eigenvalue weighted by atomic mass is 16.1. The molecule has 0 saturated carbocycles. The van der Waals surface area contributed by atoms with Gasteiger partial charge < -0.3 is 9.69 Å². The van der Waals surface area contributed by atoms with E-state index in [0.717, 1.165) is 39.0 Å². The van der Waals surface area contributed by atoms with Crippen LogP contribution in [0.3, 0.4) is 0 Å². The molecule has 0 aromatic rings. The molecule has 0 radical (unpaired) electrons. The molecule has 0 amide bonds. The topological polar surface area (TPSA) is 23.6 Å². The van der Waals surface area contributed by atoms with Crippen molar-refractivity contribution in [3.8, 4) is 0 Å². The van der Waals surface area contributed by atoms with Crippen molar-refractivity contribution in [1.82, 2.24) is 9.80 Å². The van der Waals surface area contributed by atoms with Gasteiger partial charge in [-0.2, -0.15) is 0 Å². The SMILES string of the molecule is CC(=O)CCCN1CCN(C)CC1C. The van der Waals surface area contributed by atoms with Crippen LogP contribution in [-0.2, 0) is 4.79 Å². The number of piperazine rings is 1. The predicted molar refractivity (Wildman–Crippen MR) is 58.4 cm³/mol. The first kappa shape index (κ1) is 11.7. The fraction of sp³-hybridized carbons (Fsp3) is 0.909. The third kappa shape index (κ3) is 3.76. The molecule has 3 nitrogen and oxygen atoms in total. The molecule has 0 N–H and O–H groups in total. The molecule has 0 aromatic heterocycles. The summed E-state index contributed by atoms with van der Waals surface area (Å²) in [6.07, 6.45) is 1.75. The monoisotopic (exact) mass is 198 g/mol. The minimum absolute atomic E-state index is 0.312. The zero-order valence-corrected chi connectivity index (χ0v) is 9.62. The van der Waals surface area contributed by atoms with E-state index >= 15 is 0 Å². The Bertz CT molecular complexity index is 194. The summed E-state index contributed by atoms with van der Waals surface area (Å²) < 4.78 is 0. The lowest BCUT2D eigenvalue weighted by Gasteiger charge is -2.38. The number of nitrogens with zero attached hydrogens (tertiary/aromatic N) is 2. The molecule has 1 saturated heterocycles. The summed E-state index contributed by atoms with van der Waals surface area (Å²) in [5.74, 6) is 0.312. The third-order valence-corrected chi connectivity index (χ3v) is 2.94. The Labute approximate surface area is 87.1 Å². The van der Waals surface area contributed by atoms with Crippen LogP contribution >= 0.6 is 0 Å². The third-order valence-electron chi connectivity index (χ3n) is 2.94. The number of Topliss-reactive ketones (excluding diaryl/α,β-unsaturated/α-hetero) is 1. The van der Waals surface area contributed by atoms with Crippen LogP contribution in [0.2, 0.25) is 0 Å². The summed E-state index contributed by atoms with van der Waals surface area (Å²) in [6, 6.07) is 0.640. The van der Waals surface area contributed by atoms with Gasteiger partial charge in [-0.15, -0.1) is 0 Å². The largest absolute Gasteiger partial charge is 0.304 e. The Morgan fingerprint density at radius 1 is 1.43 bits per heavy atom. The summed E-state index contributed by atoms with van der Waals surface area (Å²) in [5.41, 5.74) is 0. The summed E-state index contributed by atoms with van der Waals surface area (Å²) >= 11 is 0. The van der Waals surface area contributed by atoms with Crippen molar-refractivity contribution < 1.29 is 4.79 Å². The van der Waals surface area contributed by atoms with Crippen molar-refractivity contribution in [1.29, 1.82) is 0 Å². The minimum Gasteiger partial charge on any atom is -0.304 e. The standard InChI is InChI=1S/C11H22N2O/c1-10-9-12(3)7-8-13(10)6-4-5-11(2)14/h10H,4-9H2,1-3H3. The molecule has 0 spiro atoms. The molecule has 1 aliphatic heterocycles. The van der Waals surface area contributed by atoms with Crippen LogP contribution in [-0.4, -0.2) is 54.9 Å². The van der Waals surface area contributed by atoms with Gasteiger partial charge in [-0.3, -0.25) is 4.90 Å². The molecule has 1 unspecified atom stereocenters. The van der Waals surface area contributed by atoms with E-state index < -0.39 is 0 Å². The number of carbonyl (C=O) groups is 1. The molecule has 14 heavy (non-hydrogen) atoms. The normalized spacial score (nSPS) is 25.2. The van der Waals surface area contributed by atoms with Crippen LogP contribution in [0.25, 0.3) is 0 Å². The molecule has 1 fully saturated rings. The van der Waals surface area contributed by atoms with E-state index in [1.54, 1.807) is 6.92 Å². The number of ketones is 1. The van der Waals surface area contributed by atoms with Gasteiger partial charge in [-0.25, -0.2) is 0 Å². The number of hydrogen-bond acceptors (Lipinski definition) is 3. The van der Waals surface area contributed by atoms with Crippen LogP contribution in [0.1, 0.15) is 26.7 Å². The summed E-state index contributed by atoms with van der Waals surface area (Å²) in [4.78, 5) is 15.6. The zero-order valence-electron chi connectivity index (χ0n) is 9.62. The van der Waals surface area contributed by atoms with Gasteiger partial charge in [0.25, 0.3) is 0 Å². The molecule has 1 rings (SSSR count). The average molecular weight is 198 g/mol. The van der Waals surface area contributed by atoms with E-state index in [2.05, 4.69) is 23.8 Å². The van der Waals surface area contributed by atoms with Crippen molar-refractivity contribution in [3.63, 3.8) is 0 Å². The lowest BCUT2D eigenvalue weighted by Crippen LogP contribution is -2.50. The Kier molecular flexibility index (Phi) is 4.55. The highest BCUT2D eigenvalue weighted by Crippen LogP contribution is 2.08. The van der Waals surface area contributed by atoms with E-state index in [1.807, 2.05) is 0 Å². The van der Waals surface area contributed by atoms with E-state index in [4.69, 9.17) is 0 Å². The molecular formula is C11H22N2O. The maximum Gasteiger partial charge on any atom is 0.129 e. The molecule has 1 heterocycles. The lowest BCUT2D eigenvalue weighted by atomic mass is 10.1. The molecule has 3 heteroatoms. The first-order valence-electron chi connectivity index (χ1n) is 5.51. The van der Waals surface area contributed by atoms with Crippen LogP contribution in [0.5, 0.6) is 0 Å². The Morgan fingerprint density at radius 2 is 2.14 bits per heavy atom. The Hall–Kier alpha value is -0.410. The van der Waals surface area contributed by atoms with Crippen molar-refractivity contribution >= 4 is 5.78 Å². The van der Waals surface area contributed by atoms with Gasteiger partial charge in [0.2, 0.25) is 0 Å². The first-order chi connectivity index (χ1) is 6.59. The number of hydrogen-bond donors (Lipinski definition) is 0. The second kappa shape index (κ2) is 5.47. The van der Waals surface area contributed by atoms with Gasteiger partial charge in [-0.1, -0.05) is 0 Å². The summed E-state index contributed by atoms with van der Waals surface area (Å²) in [5, 5.41) is 0. The van der Waals surface area contributed by atoms with Gasteiger partial charge >= 0.3 is 0 Å². The lowest BCUT2D eigenvalue weighted by molar-refractivity contribution is -0.117. The highest BCUT2D eigenvalue weighted by molar-refractivity contribution is 5.75. The van der Waals surface area contributed by atoms with E-state index in [1.165, 1.54) is 0 Å². The maximum atomic E-state index is 10.8. The van der Waals surface area contributed by atoms with Crippen LogP contribution < -0.4 is 0 Å². The quantitative estimate of drug-likeness (QED) is 0.673. The smallest absolute Gasteiger partial charge is 0.129 e. The van der Waals surface area contributed by atoms with Crippen molar-refractivity contribution in [2.45, 2.75) is 32.7 Å². The van der Waals surface area contributed by atoms with E-state index in [-0.39, 0.29) is 0 Å². The molecule has 0 aliphatic carbocycles. The maximum absolute atomic E-state index is 10.8. The molecule has 82 valence electrons. The minimum atomic E-state index is 0.312. The van der Waals surface area contributed by atoms with Crippen molar-refractivity contribution in [2.75, 3.05) is 33.2 Å². The van der Waals surface area contributed by atoms with Gasteiger partial charge in [0, 0.05) is 32.1 Å². The second-order valence-corrected chi connectivity index (χ2v) is 4.45. The predicted octanol–water partition coefficient (Wildman–Crippen LogP) is 0.991. The molecular weight excluding hydrogens is 176 g/mol. The van der Waals surface area contributed by atoms with Crippen LogP contribution in [0.15, 0.2) is 0 Å². The summed E-state index contributed by atoms with van der Waals surface area (Å²) in [7, 11) is 2.17. The first-order valence-corrected chi connectivity index (χ1v) is 5.51. The van der Waals surface area contributed by atoms with Gasteiger partial charge in [-0.05, 0) is 33.9 Å². The Morgan fingerprint density at radius 3 is 2.71 bits per heavy atom. The molecule has 0 aromatic carbocycles. The van der Waals surface area contributed by atoms with Crippen LogP contribution in [0, 0.1) is 0 Å². The molecule has 1 aliphatic rings. The van der Waals surface area contributed by atoms with Gasteiger partial charge in [0.05, 0.1) is 0 Å². The van der Waals surface area contributed by atoms with Crippen LogP contribution in [0.4, 0.5) is 0 Å². The van der Waals surface area contributed by atoms with E-state index in [0.29, 0.717) is 11.8 Å². The summed E-state index contributed by atoms with van der Waals surface area (Å²) in [6.45, 7) is 8.48. The van der Waals surface area contributed by atoms with E-state index in [9.17, 15) is 4.79 Å². The zero-order chi connectivity index (χ0) is 10.6. The fourth-order valence-electron chi connectivity index (χ4n) is 2.04. The number of carbonyl (C=O) groups excluding carboxylic acids is 1. The van der Waals surface area contributed by atoms with Crippen molar-refractivity contribution in [3.05, 3.63) is 0 Å². The number of rotatable bonds is 4.